The number of methoxy groups -OCH3 is 1. The molecule has 0 saturated carbocycles. The van der Waals surface area contributed by atoms with Gasteiger partial charge in [0.2, 0.25) is 5.91 Å². The molecule has 1 heterocycles. The third-order valence-corrected chi connectivity index (χ3v) is 3.03. The maximum Gasteiger partial charge on any atom is 0.308 e. The van der Waals surface area contributed by atoms with Gasteiger partial charge in [0.15, 0.2) is 0 Å². The quantitative estimate of drug-likeness (QED) is 0.793. The summed E-state index contributed by atoms with van der Waals surface area (Å²) in [7, 11) is 3.05. The summed E-state index contributed by atoms with van der Waals surface area (Å²) in [6, 6.07) is 7.14. The van der Waals surface area contributed by atoms with Gasteiger partial charge in [0.05, 0.1) is 13.5 Å². The van der Waals surface area contributed by atoms with Crippen LogP contribution in [-0.2, 0) is 20.9 Å². The highest BCUT2D eigenvalue weighted by Gasteiger charge is 2.28. The van der Waals surface area contributed by atoms with Crippen LogP contribution in [0.3, 0.4) is 0 Å². The van der Waals surface area contributed by atoms with Gasteiger partial charge in [0, 0.05) is 19.3 Å². The van der Waals surface area contributed by atoms with E-state index in [1.807, 2.05) is 24.3 Å². The summed E-state index contributed by atoms with van der Waals surface area (Å²) in [5.41, 5.74) is 1.94. The molecule has 0 bridgehead atoms. The number of fused-ring (bicyclic) bond motifs is 1. The van der Waals surface area contributed by atoms with Crippen LogP contribution in [0.1, 0.15) is 12.0 Å². The third kappa shape index (κ3) is 2.45. The Balaban J connectivity index is 2.26. The summed E-state index contributed by atoms with van der Waals surface area (Å²) in [6.07, 6.45) is 0.0357. The lowest BCUT2D eigenvalue weighted by Gasteiger charge is -2.19. The Morgan fingerprint density at radius 3 is 2.94 bits per heavy atom. The smallest absolute Gasteiger partial charge is 0.308 e. The van der Waals surface area contributed by atoms with Crippen LogP contribution in [0, 0.1) is 0 Å². The fourth-order valence-electron chi connectivity index (χ4n) is 2.04. The van der Waals surface area contributed by atoms with Crippen LogP contribution >= 0.6 is 0 Å². The molecule has 1 aliphatic heterocycles. The van der Waals surface area contributed by atoms with Gasteiger partial charge in [0.1, 0.15) is 6.04 Å². The molecule has 1 aromatic carbocycles. The van der Waals surface area contributed by atoms with Gasteiger partial charge in [-0.15, -0.1) is 0 Å². The molecule has 0 aromatic heterocycles. The number of nitrogens with one attached hydrogen (secondary N) is 1. The average molecular weight is 248 g/mol. The van der Waals surface area contributed by atoms with Crippen LogP contribution in [0.2, 0.25) is 0 Å². The molecule has 2 rings (SSSR count). The van der Waals surface area contributed by atoms with Gasteiger partial charge < -0.3 is 15.0 Å². The van der Waals surface area contributed by atoms with Crippen LogP contribution < -0.4 is 5.32 Å². The van der Waals surface area contributed by atoms with Crippen LogP contribution in [0.25, 0.3) is 0 Å². The van der Waals surface area contributed by atoms with E-state index in [2.05, 4.69) is 10.1 Å². The number of ether oxygens (including phenoxy) is 1. The second-order valence-electron chi connectivity index (χ2n) is 4.33. The molecular weight excluding hydrogens is 232 g/mol. The molecule has 1 N–H and O–H groups in total. The van der Waals surface area contributed by atoms with Gasteiger partial charge >= 0.3 is 5.97 Å². The summed E-state index contributed by atoms with van der Waals surface area (Å²) in [5, 5.41) is 3.11. The topological polar surface area (TPSA) is 58.6 Å². The number of likely N-dealkylation sites (N-methyl/N-ethyl adjacent to an activating group) is 1. The van der Waals surface area contributed by atoms with E-state index in [9.17, 15) is 9.59 Å². The summed E-state index contributed by atoms with van der Waals surface area (Å²) >= 11 is 0. The minimum atomic E-state index is -0.564. The number of anilines is 1. The van der Waals surface area contributed by atoms with E-state index in [-0.39, 0.29) is 12.3 Å². The Labute approximate surface area is 106 Å². The number of para-hydroxylation sites is 1. The lowest BCUT2D eigenvalue weighted by atomic mass is 10.1. The number of hydrogen-bond donors (Lipinski definition) is 1. The van der Waals surface area contributed by atoms with E-state index in [1.165, 1.54) is 7.11 Å². The molecule has 0 radical (unpaired) electrons. The molecule has 1 atom stereocenters. The van der Waals surface area contributed by atoms with E-state index in [1.54, 1.807) is 11.9 Å². The van der Waals surface area contributed by atoms with E-state index in [4.69, 9.17) is 0 Å². The summed E-state index contributed by atoms with van der Waals surface area (Å²) in [4.78, 5) is 25.1. The second kappa shape index (κ2) is 5.08. The Morgan fingerprint density at radius 1 is 1.50 bits per heavy atom. The molecule has 0 fully saturated rings. The first-order valence-electron chi connectivity index (χ1n) is 5.78. The molecule has 1 amide bonds. The zero-order valence-electron chi connectivity index (χ0n) is 10.5. The highest BCUT2D eigenvalue weighted by Crippen LogP contribution is 2.22. The highest BCUT2D eigenvalue weighted by molar-refractivity contribution is 5.90. The molecule has 18 heavy (non-hydrogen) atoms. The molecule has 0 unspecified atom stereocenters. The normalized spacial score (nSPS) is 18.7. The standard InChI is InChI=1S/C13H16N2O3/c1-15-8-9-5-3-4-6-10(9)14-11(13(15)17)7-12(16)18-2/h3-6,11,14H,7-8H2,1-2H3/t11-/m1/s1. The minimum Gasteiger partial charge on any atom is -0.469 e. The summed E-state index contributed by atoms with van der Waals surface area (Å²) in [6.45, 7) is 0.541. The molecule has 0 saturated heterocycles. The molecule has 1 aliphatic rings. The summed E-state index contributed by atoms with van der Waals surface area (Å²) < 4.78 is 4.62. The van der Waals surface area contributed by atoms with Gasteiger partial charge in [-0.25, -0.2) is 0 Å². The average Bonchev–Trinajstić information content (AvgIpc) is 2.49. The predicted octanol–water partition coefficient (Wildman–Crippen LogP) is 1.00. The molecule has 5 heteroatoms. The first-order valence-corrected chi connectivity index (χ1v) is 5.78. The van der Waals surface area contributed by atoms with Gasteiger partial charge in [0.25, 0.3) is 0 Å². The van der Waals surface area contributed by atoms with Crippen molar-refractivity contribution in [3.05, 3.63) is 29.8 Å². The first kappa shape index (κ1) is 12.4. The molecule has 1 aromatic rings. The van der Waals surface area contributed by atoms with Gasteiger partial charge in [-0.05, 0) is 11.6 Å². The molecule has 5 nitrogen and oxygen atoms in total. The molecule has 0 aliphatic carbocycles. The fraction of sp³-hybridized carbons (Fsp3) is 0.385. The van der Waals surface area contributed by atoms with Gasteiger partial charge in [-0.3, -0.25) is 9.59 Å². The number of benzene rings is 1. The SMILES string of the molecule is COC(=O)C[C@H]1Nc2ccccc2CN(C)C1=O. The van der Waals surface area contributed by atoms with Crippen LogP contribution in [0.15, 0.2) is 24.3 Å². The van der Waals surface area contributed by atoms with E-state index >= 15 is 0 Å². The monoisotopic (exact) mass is 248 g/mol. The Bertz CT molecular complexity index is 473. The predicted molar refractivity (Wildman–Crippen MR) is 67.0 cm³/mol. The minimum absolute atomic E-state index is 0.0357. The lowest BCUT2D eigenvalue weighted by molar-refractivity contribution is -0.143. The zero-order valence-corrected chi connectivity index (χ0v) is 10.5. The Kier molecular flexibility index (Phi) is 3.50. The number of rotatable bonds is 2. The van der Waals surface area contributed by atoms with Crippen molar-refractivity contribution in [2.75, 3.05) is 19.5 Å². The number of esters is 1. The van der Waals surface area contributed by atoms with Gasteiger partial charge in [-0.2, -0.15) is 0 Å². The van der Waals surface area contributed by atoms with Crippen molar-refractivity contribution in [2.45, 2.75) is 19.0 Å². The van der Waals surface area contributed by atoms with Crippen molar-refractivity contribution in [3.63, 3.8) is 0 Å². The number of carbonyl (C=O) groups is 2. The van der Waals surface area contributed by atoms with Gasteiger partial charge in [-0.1, -0.05) is 18.2 Å². The zero-order chi connectivity index (χ0) is 13.1. The van der Waals surface area contributed by atoms with Crippen LogP contribution in [0.4, 0.5) is 5.69 Å². The largest absolute Gasteiger partial charge is 0.469 e. The van der Waals surface area contributed by atoms with E-state index in [0.29, 0.717) is 6.54 Å². The maximum atomic E-state index is 12.1. The molecule has 0 spiro atoms. The maximum absolute atomic E-state index is 12.1. The van der Waals surface area contributed by atoms with Crippen molar-refractivity contribution in [1.82, 2.24) is 4.90 Å². The van der Waals surface area contributed by atoms with E-state index < -0.39 is 12.0 Å². The van der Waals surface area contributed by atoms with Crippen molar-refractivity contribution in [1.29, 1.82) is 0 Å². The summed E-state index contributed by atoms with van der Waals surface area (Å²) in [5.74, 6) is -0.495. The Hall–Kier alpha value is -2.04. The lowest BCUT2D eigenvalue weighted by Crippen LogP contribution is -2.39. The first-order chi connectivity index (χ1) is 8.61. The second-order valence-corrected chi connectivity index (χ2v) is 4.33. The van der Waals surface area contributed by atoms with Crippen molar-refractivity contribution in [2.24, 2.45) is 0 Å². The Morgan fingerprint density at radius 2 is 2.22 bits per heavy atom. The number of carbonyl (C=O) groups excluding carboxylic acids is 2. The number of amides is 1. The van der Waals surface area contributed by atoms with Crippen molar-refractivity contribution < 1.29 is 14.3 Å². The van der Waals surface area contributed by atoms with Crippen LogP contribution in [-0.4, -0.2) is 37.0 Å². The fourth-order valence-corrected chi connectivity index (χ4v) is 2.04. The van der Waals surface area contributed by atoms with Crippen molar-refractivity contribution in [3.8, 4) is 0 Å². The van der Waals surface area contributed by atoms with Crippen molar-refractivity contribution >= 4 is 17.6 Å². The van der Waals surface area contributed by atoms with E-state index in [0.717, 1.165) is 11.3 Å². The van der Waals surface area contributed by atoms with Crippen LogP contribution in [0.5, 0.6) is 0 Å². The molecule has 96 valence electrons. The third-order valence-electron chi connectivity index (χ3n) is 3.03. The highest BCUT2D eigenvalue weighted by atomic mass is 16.5. The number of nitrogens with zero attached hydrogens (tertiary/aromatic N) is 1. The molecular formula is C13H16N2O3. The number of hydrogen-bond acceptors (Lipinski definition) is 4.